The van der Waals surface area contributed by atoms with Crippen molar-refractivity contribution in [1.29, 1.82) is 0 Å². The molecule has 2 rings (SSSR count). The van der Waals surface area contributed by atoms with Gasteiger partial charge in [0.1, 0.15) is 5.56 Å². The van der Waals surface area contributed by atoms with Gasteiger partial charge in [-0.25, -0.2) is 4.79 Å². The SMILES string of the molecule is COCC1CCCN(c2nnccc2C(=O)O)C1. The van der Waals surface area contributed by atoms with E-state index in [4.69, 9.17) is 9.84 Å². The standard InChI is InChI=1S/C12H17N3O3/c1-18-8-9-3-2-6-15(7-9)11-10(12(16)17)4-5-13-14-11/h4-5,9H,2-3,6-8H2,1H3,(H,16,17). The van der Waals surface area contributed by atoms with Crippen molar-refractivity contribution in [3.05, 3.63) is 17.8 Å². The van der Waals surface area contributed by atoms with Gasteiger partial charge < -0.3 is 14.7 Å². The largest absolute Gasteiger partial charge is 0.478 e. The summed E-state index contributed by atoms with van der Waals surface area (Å²) in [5.74, 6) is -0.0769. The first-order valence-electron chi connectivity index (χ1n) is 6.01. The summed E-state index contributed by atoms with van der Waals surface area (Å²) >= 11 is 0. The van der Waals surface area contributed by atoms with Crippen LogP contribution in [0.2, 0.25) is 0 Å². The summed E-state index contributed by atoms with van der Waals surface area (Å²) < 4.78 is 5.16. The van der Waals surface area contributed by atoms with Crippen molar-refractivity contribution in [1.82, 2.24) is 10.2 Å². The predicted molar refractivity (Wildman–Crippen MR) is 65.8 cm³/mol. The first kappa shape index (κ1) is 12.8. The molecule has 98 valence electrons. The summed E-state index contributed by atoms with van der Waals surface area (Å²) in [6.45, 7) is 2.28. The molecule has 1 atom stereocenters. The smallest absolute Gasteiger partial charge is 0.339 e. The lowest BCUT2D eigenvalue weighted by Crippen LogP contribution is -2.38. The molecule has 1 fully saturated rings. The minimum Gasteiger partial charge on any atom is -0.478 e. The first-order valence-corrected chi connectivity index (χ1v) is 6.01. The Bertz CT molecular complexity index is 423. The van der Waals surface area contributed by atoms with Crippen LogP contribution < -0.4 is 4.90 Å². The number of carbonyl (C=O) groups is 1. The zero-order valence-corrected chi connectivity index (χ0v) is 10.4. The van der Waals surface area contributed by atoms with Crippen LogP contribution in [-0.2, 0) is 4.74 Å². The lowest BCUT2D eigenvalue weighted by atomic mass is 9.98. The molecule has 1 aliphatic rings. The Morgan fingerprint density at radius 2 is 2.50 bits per heavy atom. The van der Waals surface area contributed by atoms with Crippen molar-refractivity contribution >= 4 is 11.8 Å². The molecule has 1 aliphatic heterocycles. The number of aromatic carboxylic acids is 1. The Labute approximate surface area is 106 Å². The molecule has 2 heterocycles. The third-order valence-corrected chi connectivity index (χ3v) is 3.15. The van der Waals surface area contributed by atoms with Crippen LogP contribution in [0.25, 0.3) is 0 Å². The molecule has 6 nitrogen and oxygen atoms in total. The van der Waals surface area contributed by atoms with Gasteiger partial charge in [0, 0.05) is 20.2 Å². The highest BCUT2D eigenvalue weighted by Crippen LogP contribution is 2.24. The molecule has 6 heteroatoms. The molecule has 1 unspecified atom stereocenters. The van der Waals surface area contributed by atoms with E-state index in [1.807, 2.05) is 4.90 Å². The Hall–Kier alpha value is -1.69. The fourth-order valence-electron chi connectivity index (χ4n) is 2.35. The Morgan fingerprint density at radius 3 is 3.22 bits per heavy atom. The van der Waals surface area contributed by atoms with Gasteiger partial charge in [-0.3, -0.25) is 0 Å². The van der Waals surface area contributed by atoms with E-state index < -0.39 is 5.97 Å². The molecule has 0 bridgehead atoms. The van der Waals surface area contributed by atoms with Gasteiger partial charge in [-0.2, -0.15) is 5.10 Å². The van der Waals surface area contributed by atoms with Crippen LogP contribution >= 0.6 is 0 Å². The van der Waals surface area contributed by atoms with Crippen LogP contribution in [0.1, 0.15) is 23.2 Å². The second kappa shape index (κ2) is 5.77. The van der Waals surface area contributed by atoms with Crippen molar-refractivity contribution in [2.45, 2.75) is 12.8 Å². The van der Waals surface area contributed by atoms with E-state index in [1.54, 1.807) is 7.11 Å². The summed E-state index contributed by atoms with van der Waals surface area (Å²) in [6.07, 6.45) is 3.53. The highest BCUT2D eigenvalue weighted by atomic mass is 16.5. The topological polar surface area (TPSA) is 75.5 Å². The third-order valence-electron chi connectivity index (χ3n) is 3.15. The van der Waals surface area contributed by atoms with Gasteiger partial charge in [0.25, 0.3) is 0 Å². The number of nitrogens with zero attached hydrogens (tertiary/aromatic N) is 3. The molecule has 0 saturated carbocycles. The quantitative estimate of drug-likeness (QED) is 0.861. The van der Waals surface area contributed by atoms with Crippen LogP contribution in [0.4, 0.5) is 5.82 Å². The average molecular weight is 251 g/mol. The van der Waals surface area contributed by atoms with Gasteiger partial charge in [0.05, 0.1) is 12.8 Å². The van der Waals surface area contributed by atoms with E-state index in [2.05, 4.69) is 10.2 Å². The molecule has 18 heavy (non-hydrogen) atoms. The number of hydrogen-bond donors (Lipinski definition) is 1. The lowest BCUT2D eigenvalue weighted by molar-refractivity contribution is 0.0696. The van der Waals surface area contributed by atoms with E-state index in [0.717, 1.165) is 25.9 Å². The number of hydrogen-bond acceptors (Lipinski definition) is 5. The second-order valence-corrected chi connectivity index (χ2v) is 4.48. The molecule has 0 spiro atoms. The number of rotatable bonds is 4. The minimum atomic E-state index is -0.964. The fraction of sp³-hybridized carbons (Fsp3) is 0.583. The lowest BCUT2D eigenvalue weighted by Gasteiger charge is -2.33. The Kier molecular flexibility index (Phi) is 4.09. The van der Waals surface area contributed by atoms with E-state index in [-0.39, 0.29) is 5.56 Å². The van der Waals surface area contributed by atoms with Crippen LogP contribution in [0.5, 0.6) is 0 Å². The van der Waals surface area contributed by atoms with Crippen molar-refractivity contribution in [3.8, 4) is 0 Å². The number of ether oxygens (including phenoxy) is 1. The molecule has 0 aromatic carbocycles. The molecule has 1 aromatic rings. The number of carboxylic acid groups (broad SMARTS) is 1. The summed E-state index contributed by atoms with van der Waals surface area (Å²) in [5, 5.41) is 16.9. The second-order valence-electron chi connectivity index (χ2n) is 4.48. The van der Waals surface area contributed by atoms with Gasteiger partial charge in [-0.05, 0) is 24.8 Å². The number of piperidine rings is 1. The third kappa shape index (κ3) is 2.76. The average Bonchev–Trinajstić information content (AvgIpc) is 2.39. The zero-order chi connectivity index (χ0) is 13.0. The monoisotopic (exact) mass is 251 g/mol. The maximum Gasteiger partial charge on any atom is 0.339 e. The Balaban J connectivity index is 2.18. The number of aromatic nitrogens is 2. The summed E-state index contributed by atoms with van der Waals surface area (Å²) in [4.78, 5) is 13.1. The highest BCUT2D eigenvalue weighted by molar-refractivity contribution is 5.93. The maximum atomic E-state index is 11.2. The predicted octanol–water partition coefficient (Wildman–Crippen LogP) is 1.04. The van der Waals surface area contributed by atoms with E-state index in [0.29, 0.717) is 18.3 Å². The van der Waals surface area contributed by atoms with Crippen molar-refractivity contribution < 1.29 is 14.6 Å². The first-order chi connectivity index (χ1) is 8.72. The van der Waals surface area contributed by atoms with E-state index >= 15 is 0 Å². The molecular formula is C12H17N3O3. The molecule has 1 aromatic heterocycles. The van der Waals surface area contributed by atoms with Crippen LogP contribution in [0.15, 0.2) is 12.3 Å². The highest BCUT2D eigenvalue weighted by Gasteiger charge is 2.24. The number of carboxylic acids is 1. The molecule has 0 aliphatic carbocycles. The summed E-state index contributed by atoms with van der Waals surface area (Å²) in [5.41, 5.74) is 0.211. The fourth-order valence-corrected chi connectivity index (χ4v) is 2.35. The van der Waals surface area contributed by atoms with Crippen molar-refractivity contribution in [3.63, 3.8) is 0 Å². The zero-order valence-electron chi connectivity index (χ0n) is 10.4. The van der Waals surface area contributed by atoms with Gasteiger partial charge in [-0.15, -0.1) is 5.10 Å². The number of anilines is 1. The van der Waals surface area contributed by atoms with Crippen LogP contribution in [-0.4, -0.2) is 48.1 Å². The van der Waals surface area contributed by atoms with Gasteiger partial charge in [0.15, 0.2) is 5.82 Å². The molecule has 1 N–H and O–H groups in total. The normalized spacial score (nSPS) is 19.8. The Morgan fingerprint density at radius 1 is 1.67 bits per heavy atom. The summed E-state index contributed by atoms with van der Waals surface area (Å²) in [6, 6.07) is 1.49. The van der Waals surface area contributed by atoms with E-state index in [9.17, 15) is 4.79 Å². The molecule has 0 radical (unpaired) electrons. The summed E-state index contributed by atoms with van der Waals surface area (Å²) in [7, 11) is 1.68. The van der Waals surface area contributed by atoms with Crippen molar-refractivity contribution in [2.75, 3.05) is 31.7 Å². The van der Waals surface area contributed by atoms with Gasteiger partial charge >= 0.3 is 5.97 Å². The van der Waals surface area contributed by atoms with Crippen LogP contribution in [0.3, 0.4) is 0 Å². The molecule has 0 amide bonds. The number of methoxy groups -OCH3 is 1. The van der Waals surface area contributed by atoms with Crippen molar-refractivity contribution in [2.24, 2.45) is 5.92 Å². The van der Waals surface area contributed by atoms with Crippen LogP contribution in [0, 0.1) is 5.92 Å². The maximum absolute atomic E-state index is 11.2. The minimum absolute atomic E-state index is 0.211. The van der Waals surface area contributed by atoms with Gasteiger partial charge in [-0.1, -0.05) is 0 Å². The molecule has 1 saturated heterocycles. The van der Waals surface area contributed by atoms with Gasteiger partial charge in [0.2, 0.25) is 0 Å². The molecular weight excluding hydrogens is 234 g/mol. The van der Waals surface area contributed by atoms with E-state index in [1.165, 1.54) is 12.3 Å².